The zero-order valence-electron chi connectivity index (χ0n) is 16.9. The molecule has 0 saturated carbocycles. The fourth-order valence-electron chi connectivity index (χ4n) is 3.30. The van der Waals surface area contributed by atoms with E-state index in [1.165, 1.54) is 0 Å². The Morgan fingerprint density at radius 3 is 2.48 bits per heavy atom. The summed E-state index contributed by atoms with van der Waals surface area (Å²) in [4.78, 5) is 8.90. The highest BCUT2D eigenvalue weighted by Crippen LogP contribution is 2.36. The first-order valence-corrected chi connectivity index (χ1v) is 9.48. The van der Waals surface area contributed by atoms with E-state index in [2.05, 4.69) is 20.2 Å². The maximum absolute atomic E-state index is 11.1. The molecule has 0 aliphatic rings. The van der Waals surface area contributed by atoms with Crippen LogP contribution in [0.5, 0.6) is 0 Å². The van der Waals surface area contributed by atoms with Gasteiger partial charge in [-0.05, 0) is 44.5 Å². The first-order valence-electron chi connectivity index (χ1n) is 9.48. The molecule has 3 aromatic heterocycles. The molecule has 0 saturated heterocycles. The average molecular weight is 389 g/mol. The van der Waals surface area contributed by atoms with Crippen molar-refractivity contribution in [1.29, 1.82) is 0 Å². The van der Waals surface area contributed by atoms with E-state index in [0.29, 0.717) is 17.2 Å². The molecule has 0 spiro atoms. The quantitative estimate of drug-likeness (QED) is 0.556. The summed E-state index contributed by atoms with van der Waals surface area (Å²) in [6, 6.07) is 15.5. The molecule has 0 bridgehead atoms. The largest absolute Gasteiger partial charge is 0.380 e. The van der Waals surface area contributed by atoms with Crippen molar-refractivity contribution in [3.63, 3.8) is 0 Å². The Morgan fingerprint density at radius 1 is 1.10 bits per heavy atom. The maximum Gasteiger partial charge on any atom is 0.259 e. The Hall–Kier alpha value is -3.32. The van der Waals surface area contributed by atoms with E-state index < -0.39 is 5.60 Å². The van der Waals surface area contributed by atoms with Crippen LogP contribution in [0, 0.1) is 13.8 Å². The summed E-state index contributed by atoms with van der Waals surface area (Å²) in [5, 5.41) is 19.6. The molecular weight excluding hydrogens is 366 g/mol. The van der Waals surface area contributed by atoms with E-state index in [1.54, 1.807) is 17.8 Å². The number of aliphatic hydroxyl groups is 1. The summed E-state index contributed by atoms with van der Waals surface area (Å²) in [5.74, 6) is 1.05. The lowest BCUT2D eigenvalue weighted by molar-refractivity contribution is 0.000604. The third-order valence-corrected chi connectivity index (χ3v) is 5.23. The number of aryl methyl sites for hydroxylation is 2. The standard InChI is InChI=1S/C22H23N5O2/c1-14-12-15(2)27(25-14)19-11-10-18(13-23-19)20-24-21(29-26-20)22(4,28)16(3)17-8-6-5-7-9-17/h5-13,16,28H,1-4H3/t16-,22+/m1/s1. The molecule has 7 nitrogen and oxygen atoms in total. The normalized spacial score (nSPS) is 14.5. The minimum absolute atomic E-state index is 0.173. The molecule has 2 atom stereocenters. The van der Waals surface area contributed by atoms with Gasteiger partial charge in [0.25, 0.3) is 5.89 Å². The fraction of sp³-hybridized carbons (Fsp3) is 0.273. The molecule has 148 valence electrons. The molecule has 0 fully saturated rings. The van der Waals surface area contributed by atoms with E-state index in [9.17, 15) is 5.11 Å². The number of nitrogens with zero attached hydrogens (tertiary/aromatic N) is 5. The lowest BCUT2D eigenvalue weighted by Gasteiger charge is -2.26. The predicted octanol–water partition coefficient (Wildman–Crippen LogP) is 3.95. The van der Waals surface area contributed by atoms with Crippen LogP contribution in [0.2, 0.25) is 0 Å². The Bertz CT molecular complexity index is 1110. The van der Waals surface area contributed by atoms with Crippen LogP contribution in [-0.4, -0.2) is 30.0 Å². The van der Waals surface area contributed by atoms with Gasteiger partial charge in [-0.3, -0.25) is 0 Å². The van der Waals surface area contributed by atoms with Crippen molar-refractivity contribution in [2.24, 2.45) is 0 Å². The highest BCUT2D eigenvalue weighted by atomic mass is 16.5. The Balaban J connectivity index is 1.59. The number of pyridine rings is 1. The minimum atomic E-state index is -1.30. The monoisotopic (exact) mass is 389 g/mol. The Morgan fingerprint density at radius 2 is 1.86 bits per heavy atom. The molecule has 4 rings (SSSR count). The Kier molecular flexibility index (Phi) is 4.76. The van der Waals surface area contributed by atoms with E-state index >= 15 is 0 Å². The highest BCUT2D eigenvalue weighted by molar-refractivity contribution is 5.54. The topological polar surface area (TPSA) is 89.9 Å². The minimum Gasteiger partial charge on any atom is -0.380 e. The van der Waals surface area contributed by atoms with Gasteiger partial charge in [0.05, 0.1) is 5.69 Å². The Labute approximate surface area is 169 Å². The van der Waals surface area contributed by atoms with Crippen LogP contribution in [0.3, 0.4) is 0 Å². The van der Waals surface area contributed by atoms with Gasteiger partial charge in [0, 0.05) is 23.4 Å². The van der Waals surface area contributed by atoms with Crippen LogP contribution in [0.1, 0.15) is 42.6 Å². The number of hydrogen-bond acceptors (Lipinski definition) is 6. The van der Waals surface area contributed by atoms with E-state index in [4.69, 9.17) is 4.52 Å². The van der Waals surface area contributed by atoms with Crippen molar-refractivity contribution in [3.8, 4) is 17.2 Å². The van der Waals surface area contributed by atoms with Crippen LogP contribution in [0.15, 0.2) is 59.3 Å². The smallest absolute Gasteiger partial charge is 0.259 e. The summed E-state index contributed by atoms with van der Waals surface area (Å²) in [6.45, 7) is 7.55. The van der Waals surface area contributed by atoms with Crippen LogP contribution in [0.4, 0.5) is 0 Å². The van der Waals surface area contributed by atoms with Gasteiger partial charge < -0.3 is 9.63 Å². The molecule has 1 N–H and O–H groups in total. The van der Waals surface area contributed by atoms with Crippen molar-refractivity contribution in [1.82, 2.24) is 24.9 Å². The molecule has 4 aromatic rings. The first kappa shape index (κ1) is 19.0. The van der Waals surface area contributed by atoms with Gasteiger partial charge in [-0.15, -0.1) is 0 Å². The van der Waals surface area contributed by atoms with E-state index in [1.807, 2.05) is 69.3 Å². The van der Waals surface area contributed by atoms with E-state index in [-0.39, 0.29) is 11.8 Å². The van der Waals surface area contributed by atoms with Gasteiger partial charge in [0.2, 0.25) is 5.82 Å². The second-order valence-electron chi connectivity index (χ2n) is 7.45. The van der Waals surface area contributed by atoms with Crippen LogP contribution in [-0.2, 0) is 5.60 Å². The number of rotatable bonds is 5. The third-order valence-electron chi connectivity index (χ3n) is 5.23. The van der Waals surface area contributed by atoms with Gasteiger partial charge in [-0.1, -0.05) is 42.4 Å². The average Bonchev–Trinajstić information content (AvgIpc) is 3.35. The van der Waals surface area contributed by atoms with Crippen molar-refractivity contribution in [2.75, 3.05) is 0 Å². The molecule has 7 heteroatoms. The molecule has 0 amide bonds. The van der Waals surface area contributed by atoms with Gasteiger partial charge in [-0.2, -0.15) is 10.1 Å². The van der Waals surface area contributed by atoms with Gasteiger partial charge in [0.15, 0.2) is 5.82 Å². The van der Waals surface area contributed by atoms with Crippen LogP contribution in [0.25, 0.3) is 17.2 Å². The van der Waals surface area contributed by atoms with Crippen molar-refractivity contribution < 1.29 is 9.63 Å². The lowest BCUT2D eigenvalue weighted by Crippen LogP contribution is -2.28. The molecule has 29 heavy (non-hydrogen) atoms. The molecule has 0 aliphatic carbocycles. The lowest BCUT2D eigenvalue weighted by atomic mass is 9.85. The third kappa shape index (κ3) is 3.56. The molecular formula is C22H23N5O2. The van der Waals surface area contributed by atoms with Gasteiger partial charge in [0.1, 0.15) is 5.60 Å². The fourth-order valence-corrected chi connectivity index (χ4v) is 3.30. The van der Waals surface area contributed by atoms with Crippen LogP contribution < -0.4 is 0 Å². The number of hydrogen-bond donors (Lipinski definition) is 1. The summed E-state index contributed by atoms with van der Waals surface area (Å²) in [5.41, 5.74) is 2.34. The summed E-state index contributed by atoms with van der Waals surface area (Å²) < 4.78 is 7.19. The summed E-state index contributed by atoms with van der Waals surface area (Å²) in [7, 11) is 0. The zero-order chi connectivity index (χ0) is 20.6. The van der Waals surface area contributed by atoms with Crippen molar-refractivity contribution in [2.45, 2.75) is 39.2 Å². The van der Waals surface area contributed by atoms with Gasteiger partial charge in [-0.25, -0.2) is 9.67 Å². The molecule has 0 unspecified atom stereocenters. The highest BCUT2D eigenvalue weighted by Gasteiger charge is 2.37. The molecule has 1 aromatic carbocycles. The summed E-state index contributed by atoms with van der Waals surface area (Å²) in [6.07, 6.45) is 1.68. The predicted molar refractivity (Wildman–Crippen MR) is 109 cm³/mol. The maximum atomic E-state index is 11.1. The molecule has 3 heterocycles. The van der Waals surface area contributed by atoms with Crippen molar-refractivity contribution >= 4 is 0 Å². The second kappa shape index (κ2) is 7.25. The van der Waals surface area contributed by atoms with Crippen molar-refractivity contribution in [3.05, 3.63) is 77.6 Å². The van der Waals surface area contributed by atoms with Crippen LogP contribution >= 0.6 is 0 Å². The number of aromatic nitrogens is 5. The second-order valence-corrected chi connectivity index (χ2v) is 7.45. The molecule has 0 radical (unpaired) electrons. The van der Waals surface area contributed by atoms with E-state index in [0.717, 1.165) is 17.0 Å². The zero-order valence-corrected chi connectivity index (χ0v) is 16.9. The first-order chi connectivity index (χ1) is 13.9. The number of benzene rings is 1. The van der Waals surface area contributed by atoms with Gasteiger partial charge >= 0.3 is 0 Å². The molecule has 0 aliphatic heterocycles. The summed E-state index contributed by atoms with van der Waals surface area (Å²) >= 11 is 0. The SMILES string of the molecule is Cc1cc(C)n(-c2ccc(-c3noc([C@@](C)(O)[C@H](C)c4ccccc4)n3)cn2)n1.